The first-order valence-corrected chi connectivity index (χ1v) is 9.37. The number of aromatic nitrogens is 3. The number of carbonyl (C=O) groups is 2. The highest BCUT2D eigenvalue weighted by atomic mass is 33.1. The summed E-state index contributed by atoms with van der Waals surface area (Å²) in [6.07, 6.45) is 0. The van der Waals surface area contributed by atoms with Crippen molar-refractivity contribution in [3.8, 4) is 0 Å². The number of ether oxygens (including phenoxy) is 2. The van der Waals surface area contributed by atoms with E-state index in [1.165, 1.54) is 7.05 Å². The van der Waals surface area contributed by atoms with Crippen LogP contribution in [-0.2, 0) is 39.2 Å². The maximum absolute atomic E-state index is 12.3. The van der Waals surface area contributed by atoms with Gasteiger partial charge in [-0.1, -0.05) is 21.6 Å². The number of hydrogen-bond donors (Lipinski definition) is 0. The van der Waals surface area contributed by atoms with Crippen molar-refractivity contribution in [1.82, 2.24) is 13.7 Å². The third-order valence-corrected chi connectivity index (χ3v) is 5.17. The van der Waals surface area contributed by atoms with Gasteiger partial charge in [0.25, 0.3) is 0 Å². The van der Waals surface area contributed by atoms with Crippen molar-refractivity contribution in [2.75, 3.05) is 24.7 Å². The fraction of sp³-hybridized carbons (Fsp3) is 0.583. The van der Waals surface area contributed by atoms with Gasteiger partial charge in [0.15, 0.2) is 0 Å². The van der Waals surface area contributed by atoms with Gasteiger partial charge in [-0.25, -0.2) is 28.1 Å². The highest BCUT2D eigenvalue weighted by Gasteiger charge is 2.15. The standard InChI is InChI=1S/C12H15N3O7S2/c1-13-10(18)14-2-4-21-8(16)6-23-24-7-9(17)22-5-3-15(11(13)19)12(14)20/h2-7H2,1H3. The van der Waals surface area contributed by atoms with Crippen molar-refractivity contribution < 1.29 is 19.1 Å². The van der Waals surface area contributed by atoms with Crippen molar-refractivity contribution in [2.45, 2.75) is 13.1 Å². The lowest BCUT2D eigenvalue weighted by molar-refractivity contribution is -0.141. The molecule has 10 nitrogen and oxygen atoms in total. The number of carbonyl (C=O) groups excluding carboxylic acids is 2. The molecule has 0 atom stereocenters. The van der Waals surface area contributed by atoms with Crippen LogP contribution >= 0.6 is 21.6 Å². The molecule has 1 aliphatic rings. The summed E-state index contributed by atoms with van der Waals surface area (Å²) in [6, 6.07) is 0. The van der Waals surface area contributed by atoms with Crippen LogP contribution in [0.5, 0.6) is 0 Å². The second-order valence-electron chi connectivity index (χ2n) is 4.68. The van der Waals surface area contributed by atoms with Gasteiger partial charge in [0.2, 0.25) is 0 Å². The minimum Gasteiger partial charge on any atom is -0.463 e. The van der Waals surface area contributed by atoms with Crippen LogP contribution in [0.2, 0.25) is 0 Å². The molecular weight excluding hydrogens is 362 g/mol. The Hall–Kier alpha value is -1.95. The van der Waals surface area contributed by atoms with Gasteiger partial charge in [-0.2, -0.15) is 0 Å². The van der Waals surface area contributed by atoms with Gasteiger partial charge in [-0.05, 0) is 0 Å². The SMILES string of the molecule is Cn1c(=O)n2c(=O)n(c1=O)CCOC(=O)CSSCC(=O)OCC2. The van der Waals surface area contributed by atoms with Crippen molar-refractivity contribution in [1.29, 1.82) is 0 Å². The van der Waals surface area contributed by atoms with Crippen molar-refractivity contribution in [2.24, 2.45) is 7.05 Å². The number of hydrogen-bond acceptors (Lipinski definition) is 9. The van der Waals surface area contributed by atoms with Crippen LogP contribution in [0.4, 0.5) is 0 Å². The van der Waals surface area contributed by atoms with E-state index in [1.54, 1.807) is 0 Å². The van der Waals surface area contributed by atoms with Gasteiger partial charge >= 0.3 is 29.0 Å². The smallest absolute Gasteiger partial charge is 0.336 e. The lowest BCUT2D eigenvalue weighted by atomic mass is 10.6. The third-order valence-electron chi connectivity index (χ3n) is 3.09. The van der Waals surface area contributed by atoms with Crippen molar-refractivity contribution >= 4 is 33.5 Å². The van der Waals surface area contributed by atoms with Crippen LogP contribution in [0.1, 0.15) is 0 Å². The Morgan fingerprint density at radius 3 is 1.58 bits per heavy atom. The molecule has 132 valence electrons. The zero-order chi connectivity index (χ0) is 17.7. The highest BCUT2D eigenvalue weighted by molar-refractivity contribution is 8.77. The Morgan fingerprint density at radius 2 is 1.17 bits per heavy atom. The first kappa shape index (κ1) is 18.4. The second-order valence-corrected chi connectivity index (χ2v) is 7.14. The van der Waals surface area contributed by atoms with E-state index in [0.717, 1.165) is 35.3 Å². The van der Waals surface area contributed by atoms with Crippen molar-refractivity contribution in [3.63, 3.8) is 0 Å². The summed E-state index contributed by atoms with van der Waals surface area (Å²) in [5, 5.41) is 0. The predicted octanol–water partition coefficient (Wildman–Crippen LogP) is -1.81. The van der Waals surface area contributed by atoms with Gasteiger partial charge in [0.1, 0.15) is 24.7 Å². The summed E-state index contributed by atoms with van der Waals surface area (Å²) >= 11 is 0. The molecular formula is C12H15N3O7S2. The molecule has 0 saturated carbocycles. The molecule has 2 rings (SSSR count). The normalized spacial score (nSPS) is 17.4. The molecule has 1 aliphatic heterocycles. The molecule has 24 heavy (non-hydrogen) atoms. The zero-order valence-corrected chi connectivity index (χ0v) is 14.4. The number of esters is 2. The lowest BCUT2D eigenvalue weighted by Gasteiger charge is -2.11. The van der Waals surface area contributed by atoms with Gasteiger partial charge < -0.3 is 9.47 Å². The molecule has 0 unspecified atom stereocenters. The van der Waals surface area contributed by atoms with E-state index < -0.39 is 29.0 Å². The summed E-state index contributed by atoms with van der Waals surface area (Å²) in [4.78, 5) is 59.4. The molecule has 0 spiro atoms. The van der Waals surface area contributed by atoms with E-state index in [2.05, 4.69) is 0 Å². The largest absolute Gasteiger partial charge is 0.463 e. The summed E-state index contributed by atoms with van der Waals surface area (Å²) < 4.78 is 12.3. The van der Waals surface area contributed by atoms with E-state index >= 15 is 0 Å². The summed E-state index contributed by atoms with van der Waals surface area (Å²) in [7, 11) is 3.51. The number of fused-ring (bicyclic) bond motifs is 2. The van der Waals surface area contributed by atoms with Crippen LogP contribution in [0, 0.1) is 0 Å². The summed E-state index contributed by atoms with van der Waals surface area (Å²) in [5.41, 5.74) is -2.44. The molecule has 0 fully saturated rings. The molecule has 0 N–H and O–H groups in total. The maximum Gasteiger partial charge on any atom is 0.336 e. The van der Waals surface area contributed by atoms with E-state index in [1.807, 2.05) is 0 Å². The number of rotatable bonds is 0. The van der Waals surface area contributed by atoms with Crippen LogP contribution in [0.15, 0.2) is 14.4 Å². The molecule has 1 aromatic heterocycles. The van der Waals surface area contributed by atoms with Crippen LogP contribution in [0.3, 0.4) is 0 Å². The summed E-state index contributed by atoms with van der Waals surface area (Å²) in [6.45, 7) is -0.691. The minimum atomic E-state index is -0.839. The topological polar surface area (TPSA) is 119 Å². The van der Waals surface area contributed by atoms with E-state index in [0.29, 0.717) is 0 Å². The van der Waals surface area contributed by atoms with Gasteiger partial charge in [-0.15, -0.1) is 0 Å². The van der Waals surface area contributed by atoms with Gasteiger partial charge in [-0.3, -0.25) is 9.59 Å². The van der Waals surface area contributed by atoms with Gasteiger partial charge in [0, 0.05) is 7.05 Å². The molecule has 0 radical (unpaired) electrons. The monoisotopic (exact) mass is 377 g/mol. The molecule has 0 aromatic carbocycles. The average Bonchev–Trinajstić information content (AvgIpc) is 2.55. The Kier molecular flexibility index (Phi) is 6.31. The molecule has 1 aromatic rings. The minimum absolute atomic E-state index is 0.0182. The Bertz CT molecular complexity index is 748. The molecule has 0 saturated heterocycles. The van der Waals surface area contributed by atoms with Crippen LogP contribution in [-0.4, -0.2) is 50.4 Å². The average molecular weight is 377 g/mol. The Morgan fingerprint density at radius 1 is 0.750 bits per heavy atom. The van der Waals surface area contributed by atoms with Crippen LogP contribution < -0.4 is 17.1 Å². The Balaban J connectivity index is 2.35. The quantitative estimate of drug-likeness (QED) is 0.381. The fourth-order valence-corrected chi connectivity index (χ4v) is 3.50. The van der Waals surface area contributed by atoms with Crippen LogP contribution in [0.25, 0.3) is 0 Å². The highest BCUT2D eigenvalue weighted by Crippen LogP contribution is 2.21. The first-order chi connectivity index (χ1) is 11.4. The first-order valence-electron chi connectivity index (χ1n) is 6.88. The molecule has 2 bridgehead atoms. The lowest BCUT2D eigenvalue weighted by Crippen LogP contribution is -2.54. The third kappa shape index (κ3) is 4.32. The number of cyclic esters (lactones) is 2. The molecule has 2 heterocycles. The second kappa shape index (κ2) is 8.24. The van der Waals surface area contributed by atoms with E-state index in [9.17, 15) is 24.0 Å². The predicted molar refractivity (Wildman–Crippen MR) is 87.0 cm³/mol. The van der Waals surface area contributed by atoms with Crippen molar-refractivity contribution in [3.05, 3.63) is 31.5 Å². The number of nitrogens with zero attached hydrogens (tertiary/aromatic N) is 3. The Labute approximate surface area is 143 Å². The molecule has 0 amide bonds. The summed E-state index contributed by atoms with van der Waals surface area (Å²) in [5.74, 6) is -1.03. The van der Waals surface area contributed by atoms with E-state index in [4.69, 9.17) is 9.47 Å². The van der Waals surface area contributed by atoms with Gasteiger partial charge in [0.05, 0.1) is 13.1 Å². The molecule has 0 aliphatic carbocycles. The maximum atomic E-state index is 12.3. The zero-order valence-electron chi connectivity index (χ0n) is 12.8. The fourth-order valence-electron chi connectivity index (χ4n) is 1.90. The van der Waals surface area contributed by atoms with E-state index in [-0.39, 0.29) is 37.8 Å². The molecule has 12 heteroatoms.